The Morgan fingerprint density at radius 3 is 2.15 bits per heavy atom. The van der Waals surface area contributed by atoms with Gasteiger partial charge in [0.15, 0.2) is 0 Å². The zero-order chi connectivity index (χ0) is 28.3. The summed E-state index contributed by atoms with van der Waals surface area (Å²) in [7, 11) is 1.65. The Morgan fingerprint density at radius 2 is 1.52 bits per heavy atom. The van der Waals surface area contributed by atoms with E-state index in [1.54, 1.807) is 18.9 Å². The van der Waals surface area contributed by atoms with Gasteiger partial charge in [-0.15, -0.1) is 11.8 Å². The number of aryl methyl sites for hydroxylation is 1. The van der Waals surface area contributed by atoms with Crippen molar-refractivity contribution >= 4 is 29.1 Å². The van der Waals surface area contributed by atoms with Gasteiger partial charge in [-0.1, -0.05) is 11.6 Å². The zero-order valence-corrected chi connectivity index (χ0v) is 23.7. The third-order valence-corrected chi connectivity index (χ3v) is 8.13. The van der Waals surface area contributed by atoms with E-state index in [4.69, 9.17) is 26.5 Å². The van der Waals surface area contributed by atoms with Crippen molar-refractivity contribution in [1.29, 1.82) is 0 Å². The van der Waals surface area contributed by atoms with Crippen LogP contribution in [0.5, 0.6) is 5.75 Å². The summed E-state index contributed by atoms with van der Waals surface area (Å²) in [6.45, 7) is 6.03. The Bertz CT molecular complexity index is 1440. The summed E-state index contributed by atoms with van der Waals surface area (Å²) in [5, 5.41) is 10.2. The third-order valence-electron chi connectivity index (χ3n) is 6.87. The van der Waals surface area contributed by atoms with Crippen LogP contribution in [0.2, 0.25) is 5.02 Å². The molecule has 1 saturated heterocycles. The number of benzene rings is 3. The van der Waals surface area contributed by atoms with Gasteiger partial charge in [0.25, 0.3) is 0 Å². The first kappa shape index (κ1) is 28.3. The van der Waals surface area contributed by atoms with Crippen molar-refractivity contribution in [2.24, 2.45) is 0 Å². The van der Waals surface area contributed by atoms with Crippen LogP contribution in [0, 0.1) is 6.92 Å². The molecule has 2 heterocycles. The Balaban J connectivity index is 1.33. The molecule has 0 saturated carbocycles. The summed E-state index contributed by atoms with van der Waals surface area (Å²) >= 11 is 7.68. The molecule has 1 aliphatic rings. The number of thioether (sulfide) groups is 1. The number of piperazine rings is 1. The van der Waals surface area contributed by atoms with Crippen molar-refractivity contribution in [3.05, 3.63) is 94.3 Å². The molecule has 5 rings (SSSR count). The lowest BCUT2D eigenvalue weighted by molar-refractivity contribution is -0.137. The van der Waals surface area contributed by atoms with Crippen LogP contribution >= 0.6 is 23.4 Å². The van der Waals surface area contributed by atoms with E-state index < -0.39 is 11.7 Å². The number of alkyl halides is 3. The highest BCUT2D eigenvalue weighted by Crippen LogP contribution is 2.31. The molecule has 1 fully saturated rings. The van der Waals surface area contributed by atoms with E-state index in [0.29, 0.717) is 23.0 Å². The van der Waals surface area contributed by atoms with Crippen LogP contribution in [0.15, 0.2) is 71.6 Å². The van der Waals surface area contributed by atoms with Gasteiger partial charge in [-0.3, -0.25) is 4.90 Å². The standard InChI is InChI=1S/C29H29ClF3N5OS/c1-20-17-25(11-12-28(20)39-2)40-19-27-26(34-38(35-27)24-7-3-21(4-8-24)29(31,32)33)18-36-13-15-37(16-14-36)23-9-5-22(30)6-10-23/h3-12,17H,13-16,18-19H2,1-2H3. The van der Waals surface area contributed by atoms with Crippen LogP contribution in [0.4, 0.5) is 18.9 Å². The molecule has 0 spiro atoms. The van der Waals surface area contributed by atoms with Crippen LogP contribution in [-0.4, -0.2) is 53.2 Å². The van der Waals surface area contributed by atoms with E-state index in [9.17, 15) is 13.2 Å². The second-order valence-corrected chi connectivity index (χ2v) is 11.1. The largest absolute Gasteiger partial charge is 0.496 e. The first-order valence-corrected chi connectivity index (χ1v) is 14.2. The van der Waals surface area contributed by atoms with Crippen molar-refractivity contribution in [2.45, 2.75) is 30.3 Å². The molecule has 4 aromatic rings. The molecule has 0 bridgehead atoms. The summed E-state index contributed by atoms with van der Waals surface area (Å²) in [5.41, 5.74) is 3.59. The summed E-state index contributed by atoms with van der Waals surface area (Å²) in [5.74, 6) is 1.41. The second kappa shape index (κ2) is 12.1. The summed E-state index contributed by atoms with van der Waals surface area (Å²) in [6.07, 6.45) is -4.40. The van der Waals surface area contributed by atoms with Gasteiger partial charge in [-0.25, -0.2) is 0 Å². The minimum absolute atomic E-state index is 0.485. The van der Waals surface area contributed by atoms with E-state index in [1.165, 1.54) is 16.9 Å². The lowest BCUT2D eigenvalue weighted by Crippen LogP contribution is -2.46. The fourth-order valence-electron chi connectivity index (χ4n) is 4.62. The highest BCUT2D eigenvalue weighted by Gasteiger charge is 2.30. The van der Waals surface area contributed by atoms with Crippen LogP contribution < -0.4 is 9.64 Å². The van der Waals surface area contributed by atoms with Gasteiger partial charge in [-0.05, 0) is 79.2 Å². The Morgan fingerprint density at radius 1 is 0.875 bits per heavy atom. The van der Waals surface area contributed by atoms with E-state index in [-0.39, 0.29) is 0 Å². The number of aromatic nitrogens is 3. The maximum Gasteiger partial charge on any atom is 0.416 e. The fourth-order valence-corrected chi connectivity index (χ4v) is 5.70. The predicted octanol–water partition coefficient (Wildman–Crippen LogP) is 6.87. The molecule has 40 heavy (non-hydrogen) atoms. The Labute approximate surface area is 240 Å². The van der Waals surface area contributed by atoms with Crippen molar-refractivity contribution in [3.8, 4) is 11.4 Å². The van der Waals surface area contributed by atoms with Crippen molar-refractivity contribution in [3.63, 3.8) is 0 Å². The van der Waals surface area contributed by atoms with Crippen molar-refractivity contribution in [2.75, 3.05) is 38.2 Å². The number of nitrogens with zero attached hydrogens (tertiary/aromatic N) is 5. The Hall–Kier alpha value is -3.21. The van der Waals surface area contributed by atoms with Crippen LogP contribution in [0.1, 0.15) is 22.5 Å². The fraction of sp³-hybridized carbons (Fsp3) is 0.310. The van der Waals surface area contributed by atoms with Gasteiger partial charge in [0.2, 0.25) is 0 Å². The van der Waals surface area contributed by atoms with Gasteiger partial charge in [0.05, 0.1) is 24.1 Å². The van der Waals surface area contributed by atoms with E-state index in [1.807, 2.05) is 43.3 Å². The molecule has 0 amide bonds. The highest BCUT2D eigenvalue weighted by molar-refractivity contribution is 7.98. The average Bonchev–Trinajstić information content (AvgIpc) is 3.35. The molecule has 0 aliphatic carbocycles. The quantitative estimate of drug-likeness (QED) is 0.210. The lowest BCUT2D eigenvalue weighted by atomic mass is 10.2. The first-order chi connectivity index (χ1) is 19.2. The molecule has 1 aromatic heterocycles. The van der Waals surface area contributed by atoms with Gasteiger partial charge in [-0.2, -0.15) is 28.2 Å². The molecular formula is C29H29ClF3N5OS. The molecule has 11 heteroatoms. The molecule has 0 radical (unpaired) electrons. The average molecular weight is 588 g/mol. The van der Waals surface area contributed by atoms with Crippen molar-refractivity contribution in [1.82, 2.24) is 19.9 Å². The van der Waals surface area contributed by atoms with Crippen molar-refractivity contribution < 1.29 is 17.9 Å². The number of halogens is 4. The molecule has 3 aromatic carbocycles. The number of ether oxygens (including phenoxy) is 1. The number of hydrogen-bond acceptors (Lipinski definition) is 6. The number of rotatable bonds is 8. The molecule has 0 atom stereocenters. The number of methoxy groups -OCH3 is 1. The maximum absolute atomic E-state index is 13.1. The smallest absolute Gasteiger partial charge is 0.416 e. The zero-order valence-electron chi connectivity index (χ0n) is 22.2. The van der Waals surface area contributed by atoms with E-state index in [0.717, 1.165) is 71.6 Å². The molecular weight excluding hydrogens is 559 g/mol. The lowest BCUT2D eigenvalue weighted by Gasteiger charge is -2.35. The third kappa shape index (κ3) is 6.74. The molecule has 0 N–H and O–H groups in total. The van der Waals surface area contributed by atoms with Crippen LogP contribution in [0.3, 0.4) is 0 Å². The topological polar surface area (TPSA) is 46.4 Å². The highest BCUT2D eigenvalue weighted by atomic mass is 35.5. The normalized spacial score (nSPS) is 14.5. The summed E-state index contributed by atoms with van der Waals surface area (Å²) < 4.78 is 44.6. The second-order valence-electron chi connectivity index (χ2n) is 9.59. The number of anilines is 1. The van der Waals surface area contributed by atoms with Gasteiger partial charge < -0.3 is 9.64 Å². The minimum Gasteiger partial charge on any atom is -0.496 e. The van der Waals surface area contributed by atoms with Gasteiger partial charge in [0.1, 0.15) is 11.4 Å². The minimum atomic E-state index is -4.40. The maximum atomic E-state index is 13.1. The summed E-state index contributed by atoms with van der Waals surface area (Å²) in [4.78, 5) is 7.17. The monoisotopic (exact) mass is 587 g/mol. The van der Waals surface area contributed by atoms with Crippen LogP contribution in [-0.2, 0) is 18.5 Å². The van der Waals surface area contributed by atoms with Crippen LogP contribution in [0.25, 0.3) is 5.69 Å². The van der Waals surface area contributed by atoms with E-state index >= 15 is 0 Å². The molecule has 0 unspecified atom stereocenters. The van der Waals surface area contributed by atoms with Gasteiger partial charge in [0, 0.05) is 54.1 Å². The number of hydrogen-bond donors (Lipinski definition) is 0. The predicted molar refractivity (Wildman–Crippen MR) is 153 cm³/mol. The van der Waals surface area contributed by atoms with Gasteiger partial charge >= 0.3 is 6.18 Å². The molecule has 6 nitrogen and oxygen atoms in total. The van der Waals surface area contributed by atoms with E-state index in [2.05, 4.69) is 15.9 Å². The first-order valence-electron chi connectivity index (χ1n) is 12.8. The Kier molecular flexibility index (Phi) is 8.58. The molecule has 210 valence electrons. The molecule has 1 aliphatic heterocycles. The summed E-state index contributed by atoms with van der Waals surface area (Å²) in [6, 6.07) is 18.8. The SMILES string of the molecule is COc1ccc(SCc2nn(-c3ccc(C(F)(F)F)cc3)nc2CN2CCN(c3ccc(Cl)cc3)CC2)cc1C.